The number of alkyl halides is 6. The van der Waals surface area contributed by atoms with Gasteiger partial charge in [0.1, 0.15) is 28.7 Å². The Labute approximate surface area is 176 Å². The number of nitrogens with one attached hydrogen (secondary N) is 1. The Hall–Kier alpha value is -3.56. The Bertz CT molecular complexity index is 1130. The van der Waals surface area contributed by atoms with Crippen molar-refractivity contribution >= 4 is 11.4 Å². The molecule has 0 radical (unpaired) electrons. The van der Waals surface area contributed by atoms with Gasteiger partial charge in [0.05, 0.1) is 11.1 Å². The molecule has 1 N–H and O–H groups in total. The van der Waals surface area contributed by atoms with Crippen LogP contribution in [-0.2, 0) is 12.4 Å². The van der Waals surface area contributed by atoms with Gasteiger partial charge in [-0.25, -0.2) is 8.78 Å². The zero-order chi connectivity index (χ0) is 23.7. The van der Waals surface area contributed by atoms with Crippen LogP contribution in [0.25, 0.3) is 5.70 Å². The maximum atomic E-state index is 13.9. The van der Waals surface area contributed by atoms with Crippen LogP contribution in [0.5, 0.6) is 11.5 Å². The zero-order valence-corrected chi connectivity index (χ0v) is 15.9. The summed E-state index contributed by atoms with van der Waals surface area (Å²) in [5.41, 5.74) is -3.84. The molecule has 3 aromatic rings. The van der Waals surface area contributed by atoms with E-state index in [1.54, 1.807) is 0 Å². The second-order valence-corrected chi connectivity index (χ2v) is 6.50. The quantitative estimate of drug-likeness (QED) is 0.392. The van der Waals surface area contributed by atoms with Gasteiger partial charge in [0.25, 0.3) is 0 Å². The van der Waals surface area contributed by atoms with E-state index in [4.69, 9.17) is 4.74 Å². The molecular formula is C22H13F8NO. The fourth-order valence-corrected chi connectivity index (χ4v) is 2.85. The summed E-state index contributed by atoms with van der Waals surface area (Å²) in [6.07, 6.45) is -9.86. The van der Waals surface area contributed by atoms with Crippen LogP contribution < -0.4 is 10.1 Å². The molecule has 3 rings (SSSR count). The van der Waals surface area contributed by atoms with Gasteiger partial charge < -0.3 is 10.1 Å². The second kappa shape index (κ2) is 8.52. The molecule has 32 heavy (non-hydrogen) atoms. The van der Waals surface area contributed by atoms with E-state index >= 15 is 0 Å². The van der Waals surface area contributed by atoms with Crippen LogP contribution in [-0.4, -0.2) is 0 Å². The van der Waals surface area contributed by atoms with Gasteiger partial charge in [-0.05, 0) is 42.5 Å². The van der Waals surface area contributed by atoms with Crippen molar-refractivity contribution in [1.29, 1.82) is 0 Å². The van der Waals surface area contributed by atoms with Gasteiger partial charge in [-0.3, -0.25) is 0 Å². The van der Waals surface area contributed by atoms with Crippen molar-refractivity contribution in [2.75, 3.05) is 5.32 Å². The molecule has 0 spiro atoms. The van der Waals surface area contributed by atoms with Gasteiger partial charge in [-0.2, -0.15) is 26.3 Å². The predicted molar refractivity (Wildman–Crippen MR) is 102 cm³/mol. The van der Waals surface area contributed by atoms with Gasteiger partial charge in [-0.15, -0.1) is 0 Å². The van der Waals surface area contributed by atoms with E-state index in [9.17, 15) is 35.1 Å². The lowest BCUT2D eigenvalue weighted by Crippen LogP contribution is -2.11. The standard InChI is InChI=1S/C22H13F8NO/c1-12(20-16(23)6-4-7-17(20)24)31-13-9-10-19(15(11-13)22(28,29)30)32-18-8-3-2-5-14(18)21(25,26)27/h2-11,31H,1H2. The van der Waals surface area contributed by atoms with Crippen LogP contribution in [0.15, 0.2) is 67.2 Å². The number of para-hydroxylation sites is 1. The van der Waals surface area contributed by atoms with Crippen LogP contribution in [0.2, 0.25) is 0 Å². The molecule has 0 aromatic heterocycles. The topological polar surface area (TPSA) is 21.3 Å². The van der Waals surface area contributed by atoms with Crippen molar-refractivity contribution in [1.82, 2.24) is 0 Å². The third kappa shape index (κ3) is 5.01. The van der Waals surface area contributed by atoms with Gasteiger partial charge in [0.2, 0.25) is 0 Å². The average molecular weight is 459 g/mol. The van der Waals surface area contributed by atoms with Crippen molar-refractivity contribution in [3.05, 3.63) is 95.6 Å². The first kappa shape index (κ1) is 23.1. The summed E-state index contributed by atoms with van der Waals surface area (Å²) in [6, 6.07) is 9.19. The molecule has 0 saturated heterocycles. The number of hydrogen-bond donors (Lipinski definition) is 1. The van der Waals surface area contributed by atoms with Crippen molar-refractivity contribution in [3.8, 4) is 11.5 Å². The predicted octanol–water partition coefficient (Wildman–Crippen LogP) is 7.88. The molecule has 0 atom stereocenters. The largest absolute Gasteiger partial charge is 0.456 e. The van der Waals surface area contributed by atoms with E-state index in [0.717, 1.165) is 42.5 Å². The molecule has 0 aliphatic carbocycles. The molecule has 0 unspecified atom stereocenters. The molecule has 0 amide bonds. The number of anilines is 1. The van der Waals surface area contributed by atoms with E-state index in [-0.39, 0.29) is 11.4 Å². The van der Waals surface area contributed by atoms with Gasteiger partial charge in [0, 0.05) is 11.4 Å². The first-order valence-corrected chi connectivity index (χ1v) is 8.83. The normalized spacial score (nSPS) is 11.9. The number of rotatable bonds is 5. The van der Waals surface area contributed by atoms with Crippen molar-refractivity contribution in [3.63, 3.8) is 0 Å². The van der Waals surface area contributed by atoms with Crippen LogP contribution >= 0.6 is 0 Å². The summed E-state index contributed by atoms with van der Waals surface area (Å²) >= 11 is 0. The highest BCUT2D eigenvalue weighted by atomic mass is 19.4. The molecule has 3 aromatic carbocycles. The first-order valence-electron chi connectivity index (χ1n) is 8.83. The van der Waals surface area contributed by atoms with Gasteiger partial charge in [0.15, 0.2) is 0 Å². The first-order chi connectivity index (χ1) is 14.9. The Morgan fingerprint density at radius 1 is 0.719 bits per heavy atom. The fraction of sp³-hybridized carbons (Fsp3) is 0.0909. The minimum Gasteiger partial charge on any atom is -0.456 e. The second-order valence-electron chi connectivity index (χ2n) is 6.50. The summed E-state index contributed by atoms with van der Waals surface area (Å²) in [5, 5.41) is 2.37. The molecule has 0 bridgehead atoms. The van der Waals surface area contributed by atoms with E-state index in [1.165, 1.54) is 6.07 Å². The highest BCUT2D eigenvalue weighted by Crippen LogP contribution is 2.43. The summed E-state index contributed by atoms with van der Waals surface area (Å²) in [7, 11) is 0. The number of halogens is 8. The van der Waals surface area contributed by atoms with Crippen LogP contribution in [0.1, 0.15) is 16.7 Å². The third-order valence-electron chi connectivity index (χ3n) is 4.26. The summed E-state index contributed by atoms with van der Waals surface area (Å²) in [6.45, 7) is 3.43. The molecule has 0 aliphatic heterocycles. The lowest BCUT2D eigenvalue weighted by atomic mass is 10.1. The van der Waals surface area contributed by atoms with Gasteiger partial charge in [-0.1, -0.05) is 24.8 Å². The summed E-state index contributed by atoms with van der Waals surface area (Å²) in [5.74, 6) is -3.67. The SMILES string of the molecule is C=C(Nc1ccc(Oc2ccccc2C(F)(F)F)c(C(F)(F)F)c1)c1c(F)cccc1F. The van der Waals surface area contributed by atoms with Crippen molar-refractivity contribution in [2.24, 2.45) is 0 Å². The lowest BCUT2D eigenvalue weighted by molar-refractivity contribution is -0.139. The molecule has 0 saturated carbocycles. The molecule has 168 valence electrons. The number of ether oxygens (including phenoxy) is 1. The van der Waals surface area contributed by atoms with E-state index in [2.05, 4.69) is 11.9 Å². The van der Waals surface area contributed by atoms with Crippen molar-refractivity contribution in [2.45, 2.75) is 12.4 Å². The van der Waals surface area contributed by atoms with Crippen LogP contribution in [0.3, 0.4) is 0 Å². The number of benzene rings is 3. The maximum Gasteiger partial charge on any atom is 0.420 e. The van der Waals surface area contributed by atoms with E-state index in [1.807, 2.05) is 0 Å². The third-order valence-corrected chi connectivity index (χ3v) is 4.26. The Kier molecular flexibility index (Phi) is 6.16. The Morgan fingerprint density at radius 3 is 1.88 bits per heavy atom. The van der Waals surface area contributed by atoms with Crippen LogP contribution in [0.4, 0.5) is 40.8 Å². The minimum atomic E-state index is -5.01. The summed E-state index contributed by atoms with van der Waals surface area (Å²) < 4.78 is 113. The van der Waals surface area contributed by atoms with Crippen LogP contribution in [0, 0.1) is 11.6 Å². The summed E-state index contributed by atoms with van der Waals surface area (Å²) in [4.78, 5) is 0. The Morgan fingerprint density at radius 2 is 1.28 bits per heavy atom. The molecule has 0 aliphatic rings. The number of hydrogen-bond acceptors (Lipinski definition) is 2. The van der Waals surface area contributed by atoms with Crippen molar-refractivity contribution < 1.29 is 39.9 Å². The van der Waals surface area contributed by atoms with Gasteiger partial charge >= 0.3 is 12.4 Å². The molecule has 10 heteroatoms. The molecule has 2 nitrogen and oxygen atoms in total. The van der Waals surface area contributed by atoms with E-state index < -0.39 is 52.2 Å². The van der Waals surface area contributed by atoms with E-state index in [0.29, 0.717) is 12.1 Å². The monoisotopic (exact) mass is 459 g/mol. The highest BCUT2D eigenvalue weighted by molar-refractivity contribution is 5.76. The highest BCUT2D eigenvalue weighted by Gasteiger charge is 2.37. The smallest absolute Gasteiger partial charge is 0.420 e. The molecular weight excluding hydrogens is 446 g/mol. The Balaban J connectivity index is 1.97. The lowest BCUT2D eigenvalue weighted by Gasteiger charge is -2.19. The minimum absolute atomic E-state index is 0.263. The maximum absolute atomic E-state index is 13.9. The molecule has 0 heterocycles. The fourth-order valence-electron chi connectivity index (χ4n) is 2.85. The zero-order valence-electron chi connectivity index (χ0n) is 15.9. The average Bonchev–Trinajstić information content (AvgIpc) is 2.68. The molecule has 0 fully saturated rings.